The van der Waals surface area contributed by atoms with Gasteiger partial charge in [-0.15, -0.1) is 0 Å². The molecule has 5 fully saturated rings. The minimum atomic E-state index is -4.70. The molecule has 1 aliphatic heterocycles. The smallest absolute Gasteiger partial charge is 0.389 e. The molecule has 3 unspecified atom stereocenters. The van der Waals surface area contributed by atoms with Crippen molar-refractivity contribution in [3.63, 3.8) is 0 Å². The van der Waals surface area contributed by atoms with E-state index in [-0.39, 0.29) is 43.0 Å². The van der Waals surface area contributed by atoms with Crippen LogP contribution in [0.2, 0.25) is 0 Å². The Morgan fingerprint density at radius 2 is 1.78 bits per heavy atom. The lowest BCUT2D eigenvalue weighted by molar-refractivity contribution is -0.400. The standard InChI is InChI=1S/C28H45F3O6/c1-16-11-20-26(14-35-23(3,4)37-20)21-17(2)13-24(5)19(22(32)28(29,30)31)8-10-27(24,36-15-34-6)18(21)7-9-25(26,33)12-16/h16-22,32-33H,7-15H2,1-6H3/t16-,17+,18?,19+,20+,21?,22?,24+,25-,26+,27-/m0/s1. The maximum atomic E-state index is 13.9. The summed E-state index contributed by atoms with van der Waals surface area (Å²) in [5.74, 6) is -1.66. The Morgan fingerprint density at radius 1 is 1.08 bits per heavy atom. The second kappa shape index (κ2) is 8.77. The highest BCUT2D eigenvalue weighted by atomic mass is 19.4. The summed E-state index contributed by atoms with van der Waals surface area (Å²) >= 11 is 0. The molecule has 0 aromatic rings. The minimum Gasteiger partial charge on any atom is -0.389 e. The number of aliphatic hydroxyl groups excluding tert-OH is 1. The number of hydrogen-bond acceptors (Lipinski definition) is 6. The van der Waals surface area contributed by atoms with Crippen LogP contribution in [-0.4, -0.2) is 66.1 Å². The molecule has 214 valence electrons. The Balaban J connectivity index is 1.63. The normalized spacial score (nSPS) is 52.0. The van der Waals surface area contributed by atoms with Crippen LogP contribution in [0.4, 0.5) is 13.2 Å². The molecule has 0 aromatic carbocycles. The number of hydrogen-bond donors (Lipinski definition) is 2. The molecule has 11 atom stereocenters. The van der Waals surface area contributed by atoms with Gasteiger partial charge in [0, 0.05) is 18.4 Å². The lowest BCUT2D eigenvalue weighted by atomic mass is 9.38. The van der Waals surface area contributed by atoms with Crippen molar-refractivity contribution in [2.24, 2.45) is 40.4 Å². The molecule has 0 radical (unpaired) electrons. The maximum absolute atomic E-state index is 13.9. The van der Waals surface area contributed by atoms with E-state index in [4.69, 9.17) is 18.9 Å². The molecule has 2 N–H and O–H groups in total. The van der Waals surface area contributed by atoms with Crippen LogP contribution in [-0.2, 0) is 18.9 Å². The van der Waals surface area contributed by atoms with Gasteiger partial charge < -0.3 is 29.2 Å². The van der Waals surface area contributed by atoms with E-state index in [0.717, 1.165) is 6.42 Å². The Hall–Kier alpha value is -0.450. The predicted octanol–water partition coefficient (Wildman–Crippen LogP) is 5.05. The summed E-state index contributed by atoms with van der Waals surface area (Å²) in [6.45, 7) is 10.3. The summed E-state index contributed by atoms with van der Waals surface area (Å²) in [6.07, 6.45) is -3.58. The van der Waals surface area contributed by atoms with E-state index in [1.54, 1.807) is 0 Å². The molecule has 5 aliphatic rings. The first kappa shape index (κ1) is 28.1. The van der Waals surface area contributed by atoms with Gasteiger partial charge in [-0.2, -0.15) is 13.2 Å². The molecule has 1 saturated heterocycles. The van der Waals surface area contributed by atoms with Gasteiger partial charge in [0.1, 0.15) is 6.79 Å². The Bertz CT molecular complexity index is 882. The van der Waals surface area contributed by atoms with Gasteiger partial charge in [-0.3, -0.25) is 0 Å². The Labute approximate surface area is 218 Å². The van der Waals surface area contributed by atoms with Crippen molar-refractivity contribution in [3.05, 3.63) is 0 Å². The molecule has 4 aliphatic carbocycles. The summed E-state index contributed by atoms with van der Waals surface area (Å²) in [6, 6.07) is 0. The molecular weight excluding hydrogens is 489 g/mol. The largest absolute Gasteiger partial charge is 0.414 e. The van der Waals surface area contributed by atoms with Gasteiger partial charge in [0.15, 0.2) is 11.9 Å². The van der Waals surface area contributed by atoms with Crippen molar-refractivity contribution in [3.8, 4) is 0 Å². The third-order valence-corrected chi connectivity index (χ3v) is 11.4. The summed E-state index contributed by atoms with van der Waals surface area (Å²) < 4.78 is 66.3. The van der Waals surface area contributed by atoms with E-state index >= 15 is 0 Å². The third-order valence-electron chi connectivity index (χ3n) is 11.4. The first-order chi connectivity index (χ1) is 17.1. The minimum absolute atomic E-state index is 0.0218. The second-order valence-electron chi connectivity index (χ2n) is 13.8. The molecule has 1 spiro atoms. The van der Waals surface area contributed by atoms with Crippen molar-refractivity contribution < 1.29 is 42.3 Å². The molecular formula is C28H45F3O6. The molecule has 0 bridgehead atoms. The Morgan fingerprint density at radius 3 is 2.43 bits per heavy atom. The second-order valence-corrected chi connectivity index (χ2v) is 13.8. The topological polar surface area (TPSA) is 77.4 Å². The first-order valence-corrected chi connectivity index (χ1v) is 14.0. The highest BCUT2D eigenvalue weighted by Gasteiger charge is 2.77. The van der Waals surface area contributed by atoms with Crippen LogP contribution >= 0.6 is 0 Å². The molecule has 6 nitrogen and oxygen atoms in total. The zero-order valence-corrected chi connectivity index (χ0v) is 23.1. The van der Waals surface area contributed by atoms with Crippen molar-refractivity contribution in [2.75, 3.05) is 20.5 Å². The molecule has 9 heteroatoms. The number of ether oxygens (including phenoxy) is 4. The van der Waals surface area contributed by atoms with Gasteiger partial charge >= 0.3 is 6.18 Å². The summed E-state index contributed by atoms with van der Waals surface area (Å²) in [5, 5.41) is 22.9. The van der Waals surface area contributed by atoms with Gasteiger partial charge in [0.2, 0.25) is 0 Å². The van der Waals surface area contributed by atoms with E-state index in [1.165, 1.54) is 7.11 Å². The number of halogens is 3. The maximum Gasteiger partial charge on any atom is 0.414 e. The van der Waals surface area contributed by atoms with Crippen LogP contribution < -0.4 is 0 Å². The average molecular weight is 535 g/mol. The molecule has 0 aromatic heterocycles. The number of aliphatic hydroxyl groups is 2. The van der Waals surface area contributed by atoms with Crippen molar-refractivity contribution >= 4 is 0 Å². The fourth-order valence-electron chi connectivity index (χ4n) is 10.4. The fourth-order valence-corrected chi connectivity index (χ4v) is 10.4. The molecule has 5 rings (SSSR count). The van der Waals surface area contributed by atoms with E-state index in [9.17, 15) is 23.4 Å². The average Bonchev–Trinajstić information content (AvgIpc) is 3.06. The first-order valence-electron chi connectivity index (χ1n) is 14.0. The quantitative estimate of drug-likeness (QED) is 0.492. The monoisotopic (exact) mass is 534 g/mol. The van der Waals surface area contributed by atoms with Crippen LogP contribution in [0.3, 0.4) is 0 Å². The van der Waals surface area contributed by atoms with Crippen molar-refractivity contribution in [2.45, 2.75) is 115 Å². The molecule has 0 amide bonds. The highest BCUT2D eigenvalue weighted by Crippen LogP contribution is 2.74. The van der Waals surface area contributed by atoms with E-state index in [1.807, 2.05) is 20.8 Å². The van der Waals surface area contributed by atoms with Gasteiger partial charge in [0.05, 0.1) is 29.3 Å². The summed E-state index contributed by atoms with van der Waals surface area (Å²) in [4.78, 5) is 0. The summed E-state index contributed by atoms with van der Waals surface area (Å²) in [7, 11) is 1.52. The van der Waals surface area contributed by atoms with Gasteiger partial charge in [-0.05, 0) is 82.5 Å². The summed E-state index contributed by atoms with van der Waals surface area (Å²) in [5.41, 5.74) is -3.47. The SMILES string of the molecule is COCO[C@]12CC[C@H](C(O)C(F)(F)F)[C@@]1(C)C[C@@H](C)C1C2CC[C@]2(O)C[C@@H](C)C[C@H]3OC(C)(C)OC[C@]132. The van der Waals surface area contributed by atoms with Gasteiger partial charge in [0.25, 0.3) is 0 Å². The number of alkyl halides is 3. The van der Waals surface area contributed by atoms with Crippen LogP contribution in [0, 0.1) is 40.4 Å². The predicted molar refractivity (Wildman–Crippen MR) is 129 cm³/mol. The van der Waals surface area contributed by atoms with E-state index < -0.39 is 46.0 Å². The third kappa shape index (κ3) is 3.80. The molecule has 37 heavy (non-hydrogen) atoms. The lowest BCUT2D eigenvalue weighted by Crippen LogP contribution is -2.77. The Kier molecular flexibility index (Phi) is 6.66. The highest BCUT2D eigenvalue weighted by molar-refractivity contribution is 5.25. The zero-order chi connectivity index (χ0) is 27.2. The molecule has 4 saturated carbocycles. The van der Waals surface area contributed by atoms with Crippen LogP contribution in [0.5, 0.6) is 0 Å². The van der Waals surface area contributed by atoms with Crippen LogP contribution in [0.15, 0.2) is 0 Å². The number of fused-ring (bicyclic) bond motifs is 3. The number of methoxy groups -OCH3 is 1. The van der Waals surface area contributed by atoms with Crippen LogP contribution in [0.25, 0.3) is 0 Å². The van der Waals surface area contributed by atoms with Crippen LogP contribution in [0.1, 0.15) is 79.6 Å². The van der Waals surface area contributed by atoms with Gasteiger partial charge in [-0.25, -0.2) is 0 Å². The molecule has 1 heterocycles. The van der Waals surface area contributed by atoms with Crippen molar-refractivity contribution in [1.29, 1.82) is 0 Å². The lowest BCUT2D eigenvalue weighted by Gasteiger charge is -2.72. The van der Waals surface area contributed by atoms with Crippen molar-refractivity contribution in [1.82, 2.24) is 0 Å². The van der Waals surface area contributed by atoms with Gasteiger partial charge in [-0.1, -0.05) is 20.8 Å². The van der Waals surface area contributed by atoms with E-state index in [0.29, 0.717) is 38.7 Å². The number of rotatable bonds is 4. The van der Waals surface area contributed by atoms with E-state index in [2.05, 4.69) is 13.8 Å². The zero-order valence-electron chi connectivity index (χ0n) is 23.1. The fraction of sp³-hybridized carbons (Fsp3) is 1.00.